The summed E-state index contributed by atoms with van der Waals surface area (Å²) in [6, 6.07) is 6.42. The van der Waals surface area contributed by atoms with Gasteiger partial charge in [0, 0.05) is 16.7 Å². The van der Waals surface area contributed by atoms with Crippen molar-refractivity contribution in [3.8, 4) is 0 Å². The Hall–Kier alpha value is -1.39. The molecule has 0 aliphatic heterocycles. The minimum absolute atomic E-state index is 0.171. The van der Waals surface area contributed by atoms with Crippen LogP contribution in [0.2, 0.25) is 5.02 Å². The van der Waals surface area contributed by atoms with E-state index >= 15 is 0 Å². The number of nitrogens with zero attached hydrogens (tertiary/aromatic N) is 1. The van der Waals surface area contributed by atoms with E-state index in [4.69, 9.17) is 11.6 Å². The lowest BCUT2D eigenvalue weighted by Gasteiger charge is -2.08. The number of hydrogen-bond donors (Lipinski definition) is 0. The second-order valence-electron chi connectivity index (χ2n) is 4.07. The SMILES string of the molecule is CC(=O)c1cc(F)c(C)cc1Sc1ccc(Cl)cn1. The number of hydrogen-bond acceptors (Lipinski definition) is 3. The highest BCUT2D eigenvalue weighted by atomic mass is 35.5. The lowest BCUT2D eigenvalue weighted by molar-refractivity contribution is 0.101. The highest BCUT2D eigenvalue weighted by Gasteiger charge is 2.13. The number of carbonyl (C=O) groups excluding carboxylic acids is 1. The van der Waals surface area contributed by atoms with Crippen LogP contribution in [0.3, 0.4) is 0 Å². The Morgan fingerprint density at radius 2 is 2.11 bits per heavy atom. The lowest BCUT2D eigenvalue weighted by atomic mass is 10.1. The van der Waals surface area contributed by atoms with E-state index in [9.17, 15) is 9.18 Å². The fourth-order valence-corrected chi connectivity index (χ4v) is 2.68. The van der Waals surface area contributed by atoms with Crippen molar-refractivity contribution in [2.75, 3.05) is 0 Å². The molecule has 2 aromatic rings. The van der Waals surface area contributed by atoms with E-state index < -0.39 is 0 Å². The normalized spacial score (nSPS) is 10.5. The van der Waals surface area contributed by atoms with Gasteiger partial charge in [-0.25, -0.2) is 9.37 Å². The molecule has 0 atom stereocenters. The molecule has 1 heterocycles. The molecule has 0 aliphatic rings. The third kappa shape index (κ3) is 3.33. The molecule has 2 nitrogen and oxygen atoms in total. The molecule has 0 N–H and O–H groups in total. The molecule has 0 amide bonds. The van der Waals surface area contributed by atoms with Crippen LogP contribution in [0.1, 0.15) is 22.8 Å². The van der Waals surface area contributed by atoms with Gasteiger partial charge in [-0.1, -0.05) is 23.4 Å². The van der Waals surface area contributed by atoms with Gasteiger partial charge in [-0.2, -0.15) is 0 Å². The van der Waals surface area contributed by atoms with Crippen LogP contribution in [0, 0.1) is 12.7 Å². The first kappa shape index (κ1) is 14.0. The van der Waals surface area contributed by atoms with Gasteiger partial charge in [0.2, 0.25) is 0 Å². The zero-order chi connectivity index (χ0) is 14.0. The summed E-state index contributed by atoms with van der Waals surface area (Å²) < 4.78 is 13.5. The Kier molecular flexibility index (Phi) is 4.22. The van der Waals surface area contributed by atoms with Gasteiger partial charge < -0.3 is 0 Å². The second kappa shape index (κ2) is 5.72. The molecule has 0 spiro atoms. The van der Waals surface area contributed by atoms with Gasteiger partial charge in [0.25, 0.3) is 0 Å². The zero-order valence-electron chi connectivity index (χ0n) is 10.4. The minimum atomic E-state index is -0.376. The third-order valence-corrected chi connectivity index (χ3v) is 3.79. The molecule has 1 aromatic heterocycles. The number of aryl methyl sites for hydroxylation is 1. The predicted octanol–water partition coefficient (Wildman–Crippen LogP) is 4.54. The molecule has 0 fully saturated rings. The number of halogens is 2. The minimum Gasteiger partial charge on any atom is -0.294 e. The number of carbonyl (C=O) groups is 1. The number of ketones is 1. The first-order chi connectivity index (χ1) is 8.97. The Bertz CT molecular complexity index is 628. The molecule has 0 saturated heterocycles. The molecule has 98 valence electrons. The zero-order valence-corrected chi connectivity index (χ0v) is 12.0. The summed E-state index contributed by atoms with van der Waals surface area (Å²) in [7, 11) is 0. The summed E-state index contributed by atoms with van der Waals surface area (Å²) >= 11 is 7.08. The molecular weight excluding hydrogens is 285 g/mol. The van der Waals surface area contributed by atoms with Gasteiger partial charge in [0.05, 0.1) is 5.02 Å². The fraction of sp³-hybridized carbons (Fsp3) is 0.143. The maximum absolute atomic E-state index is 13.5. The smallest absolute Gasteiger partial charge is 0.161 e. The molecule has 0 unspecified atom stereocenters. The van der Waals surface area contributed by atoms with Crippen LogP contribution in [-0.4, -0.2) is 10.8 Å². The van der Waals surface area contributed by atoms with E-state index in [-0.39, 0.29) is 11.6 Å². The van der Waals surface area contributed by atoms with Crippen LogP contribution in [0.4, 0.5) is 4.39 Å². The van der Waals surface area contributed by atoms with Crippen molar-refractivity contribution in [3.63, 3.8) is 0 Å². The van der Waals surface area contributed by atoms with Crippen molar-refractivity contribution in [3.05, 3.63) is 52.4 Å². The van der Waals surface area contributed by atoms with Crippen LogP contribution in [0.5, 0.6) is 0 Å². The molecule has 1 aromatic carbocycles. The van der Waals surface area contributed by atoms with E-state index in [1.54, 1.807) is 25.1 Å². The molecular formula is C14H11ClFNOS. The summed E-state index contributed by atoms with van der Waals surface area (Å²) in [6.45, 7) is 3.09. The molecule has 5 heteroatoms. The van der Waals surface area contributed by atoms with Gasteiger partial charge in [-0.05, 0) is 43.7 Å². The summed E-state index contributed by atoms with van der Waals surface area (Å²) in [5.41, 5.74) is 0.867. The van der Waals surface area contributed by atoms with Crippen molar-refractivity contribution in [2.24, 2.45) is 0 Å². The number of aromatic nitrogens is 1. The predicted molar refractivity (Wildman–Crippen MR) is 74.5 cm³/mol. The van der Waals surface area contributed by atoms with Crippen LogP contribution in [-0.2, 0) is 0 Å². The van der Waals surface area contributed by atoms with E-state index in [1.807, 2.05) is 0 Å². The maximum Gasteiger partial charge on any atom is 0.161 e. The molecule has 0 aliphatic carbocycles. The van der Waals surface area contributed by atoms with Gasteiger partial charge >= 0.3 is 0 Å². The average Bonchev–Trinajstić information content (AvgIpc) is 2.36. The molecule has 0 bridgehead atoms. The Labute approximate surface area is 120 Å². The average molecular weight is 296 g/mol. The van der Waals surface area contributed by atoms with Gasteiger partial charge in [-0.3, -0.25) is 4.79 Å². The van der Waals surface area contributed by atoms with E-state index in [2.05, 4.69) is 4.98 Å². The number of pyridine rings is 1. The van der Waals surface area contributed by atoms with Crippen molar-refractivity contribution < 1.29 is 9.18 Å². The monoisotopic (exact) mass is 295 g/mol. The highest BCUT2D eigenvalue weighted by Crippen LogP contribution is 2.31. The highest BCUT2D eigenvalue weighted by molar-refractivity contribution is 7.99. The Morgan fingerprint density at radius 1 is 1.37 bits per heavy atom. The van der Waals surface area contributed by atoms with Crippen LogP contribution >= 0.6 is 23.4 Å². The first-order valence-corrected chi connectivity index (χ1v) is 6.77. The van der Waals surface area contributed by atoms with Gasteiger partial charge in [0.15, 0.2) is 5.78 Å². The lowest BCUT2D eigenvalue weighted by Crippen LogP contribution is -1.98. The maximum atomic E-state index is 13.5. The van der Waals surface area contributed by atoms with Crippen molar-refractivity contribution >= 4 is 29.1 Å². The van der Waals surface area contributed by atoms with Gasteiger partial charge in [-0.15, -0.1) is 0 Å². The van der Waals surface area contributed by atoms with Crippen molar-refractivity contribution in [1.29, 1.82) is 0 Å². The van der Waals surface area contributed by atoms with E-state index in [0.717, 1.165) is 0 Å². The van der Waals surface area contributed by atoms with Crippen molar-refractivity contribution in [1.82, 2.24) is 4.98 Å². The molecule has 2 rings (SSSR count). The van der Waals surface area contributed by atoms with E-state index in [1.165, 1.54) is 30.9 Å². The van der Waals surface area contributed by atoms with E-state index in [0.29, 0.717) is 26.1 Å². The fourth-order valence-electron chi connectivity index (χ4n) is 1.55. The van der Waals surface area contributed by atoms with Gasteiger partial charge in [0.1, 0.15) is 10.8 Å². The topological polar surface area (TPSA) is 30.0 Å². The first-order valence-electron chi connectivity index (χ1n) is 5.58. The van der Waals surface area contributed by atoms with Crippen LogP contribution < -0.4 is 0 Å². The molecule has 0 saturated carbocycles. The largest absolute Gasteiger partial charge is 0.294 e. The molecule has 19 heavy (non-hydrogen) atoms. The Balaban J connectivity index is 2.41. The standard InChI is InChI=1S/C14H11ClFNOS/c1-8-5-13(11(9(2)18)6-12(8)16)19-14-4-3-10(15)7-17-14/h3-7H,1-2H3. The quantitative estimate of drug-likeness (QED) is 0.779. The van der Waals surface area contributed by atoms with Crippen molar-refractivity contribution in [2.45, 2.75) is 23.8 Å². The number of Topliss-reactive ketones (excluding diaryl/α,β-unsaturated/α-hetero) is 1. The third-order valence-electron chi connectivity index (χ3n) is 2.55. The Morgan fingerprint density at radius 3 is 2.68 bits per heavy atom. The summed E-state index contributed by atoms with van der Waals surface area (Å²) in [6.07, 6.45) is 1.54. The number of benzene rings is 1. The summed E-state index contributed by atoms with van der Waals surface area (Å²) in [5.74, 6) is -0.547. The molecule has 0 radical (unpaired) electrons. The summed E-state index contributed by atoms with van der Waals surface area (Å²) in [5, 5.41) is 1.25. The second-order valence-corrected chi connectivity index (χ2v) is 5.57. The van der Waals surface area contributed by atoms with Crippen LogP contribution in [0.15, 0.2) is 40.4 Å². The number of rotatable bonds is 3. The van der Waals surface area contributed by atoms with Crippen LogP contribution in [0.25, 0.3) is 0 Å². The summed E-state index contributed by atoms with van der Waals surface area (Å²) in [4.78, 5) is 16.4.